The van der Waals surface area contributed by atoms with Gasteiger partial charge in [0.1, 0.15) is 11.4 Å². The Hall–Kier alpha value is -1.36. The molecular formula is C8H11ClN4O. The molecule has 2 N–H and O–H groups in total. The van der Waals surface area contributed by atoms with Crippen molar-refractivity contribution < 1.29 is 4.79 Å². The summed E-state index contributed by atoms with van der Waals surface area (Å²) in [6, 6.07) is 0. The summed E-state index contributed by atoms with van der Waals surface area (Å²) in [5.74, 6) is -0.100. The first-order valence-corrected chi connectivity index (χ1v) is 4.47. The van der Waals surface area contributed by atoms with E-state index in [1.54, 1.807) is 7.05 Å². The van der Waals surface area contributed by atoms with Crippen LogP contribution in [0.4, 0.5) is 5.82 Å². The largest absolute Gasteiger partial charge is 0.383 e. The first-order valence-electron chi connectivity index (χ1n) is 4.09. The molecule has 1 amide bonds. The lowest BCUT2D eigenvalue weighted by atomic mass is 10.3. The van der Waals surface area contributed by atoms with E-state index < -0.39 is 0 Å². The Kier molecular flexibility index (Phi) is 3.24. The van der Waals surface area contributed by atoms with Gasteiger partial charge in [-0.05, 0) is 18.5 Å². The Labute approximate surface area is 86.9 Å². The molecule has 0 atom stereocenters. The van der Waals surface area contributed by atoms with Crippen molar-refractivity contribution in [3.8, 4) is 0 Å². The van der Waals surface area contributed by atoms with E-state index in [0.717, 1.165) is 0 Å². The number of hydrogen-bond acceptors (Lipinski definition) is 4. The van der Waals surface area contributed by atoms with Crippen LogP contribution in [0.1, 0.15) is 17.3 Å². The van der Waals surface area contributed by atoms with Crippen molar-refractivity contribution in [2.45, 2.75) is 6.92 Å². The molecule has 0 bridgehead atoms. The second-order valence-electron chi connectivity index (χ2n) is 2.76. The number of amides is 1. The predicted molar refractivity (Wildman–Crippen MR) is 54.1 cm³/mol. The predicted octanol–water partition coefficient (Wildman–Crippen LogP) is 0.804. The lowest BCUT2D eigenvalue weighted by Crippen LogP contribution is -2.27. The van der Waals surface area contributed by atoms with E-state index in [1.807, 2.05) is 6.92 Å². The van der Waals surface area contributed by atoms with Gasteiger partial charge < -0.3 is 10.6 Å². The number of halogens is 1. The SMILES string of the molecule is CCN(C)C(=O)c1cnc(Cl)nc1N. The van der Waals surface area contributed by atoms with Crippen LogP contribution in [-0.4, -0.2) is 34.4 Å². The van der Waals surface area contributed by atoms with Crippen molar-refractivity contribution in [2.24, 2.45) is 0 Å². The molecule has 0 saturated carbocycles. The summed E-state index contributed by atoms with van der Waals surface area (Å²) < 4.78 is 0. The third-order valence-corrected chi connectivity index (χ3v) is 2.02. The summed E-state index contributed by atoms with van der Waals surface area (Å²) >= 11 is 5.51. The van der Waals surface area contributed by atoms with E-state index in [9.17, 15) is 4.79 Å². The fourth-order valence-electron chi connectivity index (χ4n) is 0.886. The topological polar surface area (TPSA) is 72.1 Å². The Bertz CT molecular complexity index is 355. The van der Waals surface area contributed by atoms with Gasteiger partial charge in [-0.3, -0.25) is 4.79 Å². The van der Waals surface area contributed by atoms with Crippen LogP contribution in [0.5, 0.6) is 0 Å². The van der Waals surface area contributed by atoms with Crippen LogP contribution in [0.2, 0.25) is 5.28 Å². The summed E-state index contributed by atoms with van der Waals surface area (Å²) in [6.07, 6.45) is 1.33. The van der Waals surface area contributed by atoms with Crippen LogP contribution >= 0.6 is 11.6 Å². The molecule has 0 aromatic carbocycles. The Balaban J connectivity index is 3.02. The van der Waals surface area contributed by atoms with E-state index in [4.69, 9.17) is 17.3 Å². The second kappa shape index (κ2) is 4.23. The number of carbonyl (C=O) groups is 1. The molecule has 0 unspecified atom stereocenters. The average Bonchev–Trinajstić information content (AvgIpc) is 2.15. The van der Waals surface area contributed by atoms with Crippen LogP contribution in [0.3, 0.4) is 0 Å². The zero-order chi connectivity index (χ0) is 10.7. The maximum atomic E-state index is 11.6. The molecule has 0 aliphatic carbocycles. The van der Waals surface area contributed by atoms with Crippen molar-refractivity contribution in [3.05, 3.63) is 17.0 Å². The quantitative estimate of drug-likeness (QED) is 0.740. The van der Waals surface area contributed by atoms with E-state index in [-0.39, 0.29) is 22.6 Å². The fraction of sp³-hybridized carbons (Fsp3) is 0.375. The molecule has 0 aliphatic heterocycles. The van der Waals surface area contributed by atoms with Crippen LogP contribution in [-0.2, 0) is 0 Å². The van der Waals surface area contributed by atoms with Crippen LogP contribution in [0, 0.1) is 0 Å². The number of nitrogens with zero attached hydrogens (tertiary/aromatic N) is 3. The van der Waals surface area contributed by atoms with Crippen LogP contribution in [0.15, 0.2) is 6.20 Å². The summed E-state index contributed by atoms with van der Waals surface area (Å²) in [7, 11) is 1.68. The molecule has 0 saturated heterocycles. The number of carbonyl (C=O) groups excluding carboxylic acids is 1. The summed E-state index contributed by atoms with van der Waals surface area (Å²) in [5.41, 5.74) is 5.81. The van der Waals surface area contributed by atoms with Crippen molar-refractivity contribution in [1.29, 1.82) is 0 Å². The maximum Gasteiger partial charge on any atom is 0.258 e. The van der Waals surface area contributed by atoms with E-state index in [0.29, 0.717) is 6.54 Å². The van der Waals surface area contributed by atoms with E-state index in [2.05, 4.69) is 9.97 Å². The number of hydrogen-bond donors (Lipinski definition) is 1. The minimum atomic E-state index is -0.207. The summed E-state index contributed by atoms with van der Waals surface area (Å²) in [6.45, 7) is 2.46. The molecule has 1 heterocycles. The summed E-state index contributed by atoms with van der Waals surface area (Å²) in [4.78, 5) is 20.5. The monoisotopic (exact) mass is 214 g/mol. The molecule has 76 valence electrons. The zero-order valence-electron chi connectivity index (χ0n) is 7.99. The van der Waals surface area contributed by atoms with Gasteiger partial charge in [0.15, 0.2) is 0 Å². The molecule has 1 rings (SSSR count). The molecule has 6 heteroatoms. The van der Waals surface area contributed by atoms with Crippen molar-refractivity contribution >= 4 is 23.3 Å². The number of nitrogen functional groups attached to an aromatic ring is 1. The standard InChI is InChI=1S/C8H11ClN4O/c1-3-13(2)7(14)5-4-11-8(9)12-6(5)10/h4H,3H2,1-2H3,(H2,10,11,12). The minimum absolute atomic E-state index is 0.0400. The molecule has 0 fully saturated rings. The van der Waals surface area contributed by atoms with Crippen molar-refractivity contribution in [2.75, 3.05) is 19.3 Å². The molecule has 0 radical (unpaired) electrons. The highest BCUT2D eigenvalue weighted by Gasteiger charge is 2.14. The van der Waals surface area contributed by atoms with Crippen molar-refractivity contribution in [3.63, 3.8) is 0 Å². The fourth-order valence-corrected chi connectivity index (χ4v) is 1.03. The van der Waals surface area contributed by atoms with Crippen molar-refractivity contribution in [1.82, 2.24) is 14.9 Å². The molecule has 0 spiro atoms. The highest BCUT2D eigenvalue weighted by atomic mass is 35.5. The van der Waals surface area contributed by atoms with E-state index >= 15 is 0 Å². The van der Waals surface area contributed by atoms with Gasteiger partial charge in [0.2, 0.25) is 5.28 Å². The Morgan fingerprint density at radius 2 is 2.36 bits per heavy atom. The minimum Gasteiger partial charge on any atom is -0.383 e. The highest BCUT2D eigenvalue weighted by molar-refractivity contribution is 6.28. The van der Waals surface area contributed by atoms with Gasteiger partial charge >= 0.3 is 0 Å². The Morgan fingerprint density at radius 1 is 1.71 bits per heavy atom. The van der Waals surface area contributed by atoms with Crippen LogP contribution < -0.4 is 5.73 Å². The lowest BCUT2D eigenvalue weighted by molar-refractivity contribution is 0.0802. The lowest BCUT2D eigenvalue weighted by Gasteiger charge is -2.14. The molecule has 5 nitrogen and oxygen atoms in total. The van der Waals surface area contributed by atoms with E-state index in [1.165, 1.54) is 11.1 Å². The first-order chi connectivity index (χ1) is 6.56. The summed E-state index contributed by atoms with van der Waals surface area (Å²) in [5, 5.41) is 0.0400. The van der Waals surface area contributed by atoms with Gasteiger partial charge in [-0.15, -0.1) is 0 Å². The van der Waals surface area contributed by atoms with Gasteiger partial charge in [0.25, 0.3) is 5.91 Å². The maximum absolute atomic E-state index is 11.6. The highest BCUT2D eigenvalue weighted by Crippen LogP contribution is 2.11. The number of nitrogens with two attached hydrogens (primary N) is 1. The molecular weight excluding hydrogens is 204 g/mol. The molecule has 1 aromatic rings. The normalized spacial score (nSPS) is 9.93. The Morgan fingerprint density at radius 3 is 2.86 bits per heavy atom. The number of anilines is 1. The molecule has 14 heavy (non-hydrogen) atoms. The van der Waals surface area contributed by atoms with Crippen LogP contribution in [0.25, 0.3) is 0 Å². The second-order valence-corrected chi connectivity index (χ2v) is 3.10. The number of rotatable bonds is 2. The van der Waals surface area contributed by atoms with Gasteiger partial charge in [-0.25, -0.2) is 9.97 Å². The third-order valence-electron chi connectivity index (χ3n) is 1.84. The average molecular weight is 215 g/mol. The zero-order valence-corrected chi connectivity index (χ0v) is 8.75. The third kappa shape index (κ3) is 2.11. The van der Waals surface area contributed by atoms with Gasteiger partial charge in [-0.1, -0.05) is 0 Å². The number of aromatic nitrogens is 2. The van der Waals surface area contributed by atoms with Gasteiger partial charge in [0.05, 0.1) is 0 Å². The smallest absolute Gasteiger partial charge is 0.258 e. The van der Waals surface area contributed by atoms with Gasteiger partial charge in [0, 0.05) is 19.8 Å². The molecule has 0 aliphatic rings. The van der Waals surface area contributed by atoms with Gasteiger partial charge in [-0.2, -0.15) is 0 Å². The first kappa shape index (κ1) is 10.7. The molecule has 1 aromatic heterocycles.